The number of urea groups is 1. The first-order chi connectivity index (χ1) is 9.82. The Balaban J connectivity index is 2.47. The number of aliphatic carboxylic acids is 1. The molecule has 21 heavy (non-hydrogen) atoms. The number of nitrogens with zero attached hydrogens (tertiary/aromatic N) is 1. The van der Waals surface area contributed by atoms with E-state index in [1.165, 1.54) is 0 Å². The molecule has 1 fully saturated rings. The van der Waals surface area contributed by atoms with Crippen molar-refractivity contribution in [1.82, 2.24) is 15.5 Å². The fourth-order valence-corrected chi connectivity index (χ4v) is 2.57. The zero-order chi connectivity index (χ0) is 16.0. The molecule has 0 aromatic carbocycles. The number of hydrogen-bond donors (Lipinski definition) is 3. The number of carboxylic acids is 1. The standard InChI is InChI=1S/C14H25N3O4/c1-4-10(7-11(18)19)8-16-13(21)17-6-5-14(2,9-17)12(20)15-3/h10H,4-9H2,1-3H3,(H,15,20)(H,16,21)(H,18,19). The Kier molecular flexibility index (Phi) is 5.99. The molecule has 3 amide bonds. The highest BCUT2D eigenvalue weighted by atomic mass is 16.4. The molecule has 3 N–H and O–H groups in total. The number of carbonyl (C=O) groups excluding carboxylic acids is 2. The second-order valence-corrected chi connectivity index (χ2v) is 5.87. The molecule has 1 aliphatic heterocycles. The van der Waals surface area contributed by atoms with E-state index in [1.807, 2.05) is 13.8 Å². The molecule has 0 aromatic rings. The minimum atomic E-state index is -0.857. The van der Waals surface area contributed by atoms with Gasteiger partial charge in [0.2, 0.25) is 5.91 Å². The van der Waals surface area contributed by atoms with Crippen LogP contribution in [0.1, 0.15) is 33.1 Å². The lowest BCUT2D eigenvalue weighted by Crippen LogP contribution is -2.44. The molecule has 0 spiro atoms. The normalized spacial score (nSPS) is 22.7. The van der Waals surface area contributed by atoms with Crippen molar-refractivity contribution < 1.29 is 19.5 Å². The second-order valence-electron chi connectivity index (χ2n) is 5.87. The molecule has 1 saturated heterocycles. The van der Waals surface area contributed by atoms with Crippen LogP contribution in [0.3, 0.4) is 0 Å². The Morgan fingerprint density at radius 1 is 1.38 bits per heavy atom. The summed E-state index contributed by atoms with van der Waals surface area (Å²) in [4.78, 5) is 36.2. The van der Waals surface area contributed by atoms with Crippen molar-refractivity contribution in [3.8, 4) is 0 Å². The Morgan fingerprint density at radius 2 is 2.05 bits per heavy atom. The van der Waals surface area contributed by atoms with E-state index in [4.69, 9.17) is 5.11 Å². The van der Waals surface area contributed by atoms with Crippen LogP contribution < -0.4 is 10.6 Å². The molecule has 7 nitrogen and oxygen atoms in total. The van der Waals surface area contributed by atoms with Crippen LogP contribution in [0.2, 0.25) is 0 Å². The van der Waals surface area contributed by atoms with Gasteiger partial charge in [-0.25, -0.2) is 4.79 Å². The number of carboxylic acid groups (broad SMARTS) is 1. The van der Waals surface area contributed by atoms with Crippen molar-refractivity contribution in [1.29, 1.82) is 0 Å². The largest absolute Gasteiger partial charge is 0.481 e. The Hall–Kier alpha value is -1.79. The van der Waals surface area contributed by atoms with Crippen LogP contribution in [0, 0.1) is 11.3 Å². The topological polar surface area (TPSA) is 98.7 Å². The van der Waals surface area contributed by atoms with E-state index in [9.17, 15) is 14.4 Å². The van der Waals surface area contributed by atoms with E-state index in [-0.39, 0.29) is 24.3 Å². The van der Waals surface area contributed by atoms with E-state index in [2.05, 4.69) is 10.6 Å². The number of rotatable bonds is 6. The Bertz CT molecular complexity index is 413. The molecule has 0 radical (unpaired) electrons. The number of likely N-dealkylation sites (tertiary alicyclic amines) is 1. The molecule has 1 heterocycles. The molecular weight excluding hydrogens is 274 g/mol. The molecule has 0 saturated carbocycles. The van der Waals surface area contributed by atoms with Gasteiger partial charge in [-0.05, 0) is 19.3 Å². The van der Waals surface area contributed by atoms with E-state index < -0.39 is 11.4 Å². The smallest absolute Gasteiger partial charge is 0.317 e. The third-order valence-electron chi connectivity index (χ3n) is 4.12. The summed E-state index contributed by atoms with van der Waals surface area (Å²) in [5.41, 5.74) is -0.544. The van der Waals surface area contributed by atoms with Gasteiger partial charge in [0.15, 0.2) is 0 Å². The average Bonchev–Trinajstić information content (AvgIpc) is 2.85. The van der Waals surface area contributed by atoms with Crippen LogP contribution in [-0.2, 0) is 9.59 Å². The van der Waals surface area contributed by atoms with Gasteiger partial charge in [0.25, 0.3) is 0 Å². The molecule has 2 atom stereocenters. The summed E-state index contributed by atoms with van der Waals surface area (Å²) in [6.45, 7) is 5.01. The van der Waals surface area contributed by atoms with Crippen molar-refractivity contribution in [2.75, 3.05) is 26.7 Å². The fraction of sp³-hybridized carbons (Fsp3) is 0.786. The van der Waals surface area contributed by atoms with Crippen LogP contribution in [0.4, 0.5) is 4.79 Å². The molecule has 1 rings (SSSR count). The van der Waals surface area contributed by atoms with Crippen LogP contribution in [0.15, 0.2) is 0 Å². The second kappa shape index (κ2) is 7.28. The number of amides is 3. The highest BCUT2D eigenvalue weighted by Gasteiger charge is 2.41. The van der Waals surface area contributed by atoms with Crippen molar-refractivity contribution in [3.63, 3.8) is 0 Å². The van der Waals surface area contributed by atoms with Crippen LogP contribution in [-0.4, -0.2) is 54.6 Å². The SMILES string of the molecule is CCC(CNC(=O)N1CCC(C)(C(=O)NC)C1)CC(=O)O. The van der Waals surface area contributed by atoms with Gasteiger partial charge in [-0.2, -0.15) is 0 Å². The molecule has 7 heteroatoms. The van der Waals surface area contributed by atoms with Crippen molar-refractivity contribution in [3.05, 3.63) is 0 Å². The van der Waals surface area contributed by atoms with Gasteiger partial charge in [-0.3, -0.25) is 9.59 Å². The molecule has 0 aliphatic carbocycles. The molecular formula is C14H25N3O4. The van der Waals surface area contributed by atoms with Crippen molar-refractivity contribution >= 4 is 17.9 Å². The van der Waals surface area contributed by atoms with Gasteiger partial charge in [0, 0.05) is 33.1 Å². The van der Waals surface area contributed by atoms with E-state index in [0.717, 1.165) is 0 Å². The lowest BCUT2D eigenvalue weighted by Gasteiger charge is -2.23. The highest BCUT2D eigenvalue weighted by molar-refractivity contribution is 5.84. The predicted octanol–water partition coefficient (Wildman–Crippen LogP) is 0.655. The first-order valence-corrected chi connectivity index (χ1v) is 7.29. The van der Waals surface area contributed by atoms with Gasteiger partial charge in [0.1, 0.15) is 0 Å². The number of nitrogens with one attached hydrogen (secondary N) is 2. The third kappa shape index (κ3) is 4.61. The quantitative estimate of drug-likeness (QED) is 0.671. The third-order valence-corrected chi connectivity index (χ3v) is 4.12. The molecule has 2 unspecified atom stereocenters. The van der Waals surface area contributed by atoms with Gasteiger partial charge < -0.3 is 20.6 Å². The minimum Gasteiger partial charge on any atom is -0.481 e. The Morgan fingerprint density at radius 3 is 2.57 bits per heavy atom. The molecule has 120 valence electrons. The summed E-state index contributed by atoms with van der Waals surface area (Å²) >= 11 is 0. The average molecular weight is 299 g/mol. The summed E-state index contributed by atoms with van der Waals surface area (Å²) in [7, 11) is 1.59. The van der Waals surface area contributed by atoms with E-state index in [0.29, 0.717) is 32.5 Å². The highest BCUT2D eigenvalue weighted by Crippen LogP contribution is 2.29. The fourth-order valence-electron chi connectivity index (χ4n) is 2.57. The van der Waals surface area contributed by atoms with Crippen molar-refractivity contribution in [2.45, 2.75) is 33.1 Å². The number of hydrogen-bond acceptors (Lipinski definition) is 3. The molecule has 1 aliphatic rings. The van der Waals surface area contributed by atoms with Gasteiger partial charge in [-0.1, -0.05) is 13.3 Å². The predicted molar refractivity (Wildman–Crippen MR) is 77.8 cm³/mol. The summed E-state index contributed by atoms with van der Waals surface area (Å²) in [5.74, 6) is -0.987. The maximum absolute atomic E-state index is 12.1. The lowest BCUT2D eigenvalue weighted by atomic mass is 9.89. The van der Waals surface area contributed by atoms with Gasteiger partial charge in [0.05, 0.1) is 5.41 Å². The van der Waals surface area contributed by atoms with E-state index >= 15 is 0 Å². The van der Waals surface area contributed by atoms with Crippen LogP contribution in [0.25, 0.3) is 0 Å². The van der Waals surface area contributed by atoms with Crippen molar-refractivity contribution in [2.24, 2.45) is 11.3 Å². The van der Waals surface area contributed by atoms with Crippen LogP contribution >= 0.6 is 0 Å². The summed E-state index contributed by atoms with van der Waals surface area (Å²) in [5, 5.41) is 14.2. The van der Waals surface area contributed by atoms with Gasteiger partial charge >= 0.3 is 12.0 Å². The Labute approximate surface area is 125 Å². The minimum absolute atomic E-state index is 0.0483. The number of carbonyl (C=O) groups is 3. The maximum atomic E-state index is 12.1. The van der Waals surface area contributed by atoms with Gasteiger partial charge in [-0.15, -0.1) is 0 Å². The lowest BCUT2D eigenvalue weighted by molar-refractivity contribution is -0.138. The molecule has 0 bridgehead atoms. The monoisotopic (exact) mass is 299 g/mol. The van der Waals surface area contributed by atoms with E-state index in [1.54, 1.807) is 11.9 Å². The first-order valence-electron chi connectivity index (χ1n) is 7.29. The summed E-state index contributed by atoms with van der Waals surface area (Å²) < 4.78 is 0. The summed E-state index contributed by atoms with van der Waals surface area (Å²) in [6.07, 6.45) is 1.38. The van der Waals surface area contributed by atoms with Crippen LogP contribution in [0.5, 0.6) is 0 Å². The summed E-state index contributed by atoms with van der Waals surface area (Å²) in [6, 6.07) is -0.230. The zero-order valence-electron chi connectivity index (χ0n) is 12.9. The first kappa shape index (κ1) is 17.3. The maximum Gasteiger partial charge on any atom is 0.317 e. The molecule has 0 aromatic heterocycles. The zero-order valence-corrected chi connectivity index (χ0v) is 12.9.